The molecule has 1 saturated heterocycles. The Balaban J connectivity index is 2.78. The second kappa shape index (κ2) is 10.4. The Morgan fingerprint density at radius 2 is 1.93 bits per heavy atom. The van der Waals surface area contributed by atoms with Crippen molar-refractivity contribution in [3.8, 4) is 0 Å². The molecule has 1 aliphatic heterocycles. The number of thiol groups is 1. The molecule has 0 bridgehead atoms. The molecule has 5 unspecified atom stereocenters. The van der Waals surface area contributed by atoms with Crippen molar-refractivity contribution in [1.29, 1.82) is 0 Å². The summed E-state index contributed by atoms with van der Waals surface area (Å²) in [7, 11) is 0. The third-order valence-electron chi connectivity index (χ3n) is 4.21. The fourth-order valence-corrected chi connectivity index (χ4v) is 2.85. The number of carboxylic acids is 1. The lowest BCUT2D eigenvalue weighted by Crippen LogP contribution is -2.59. The minimum absolute atomic E-state index is 0.112. The third-order valence-corrected chi connectivity index (χ3v) is 4.61. The molecule has 1 aliphatic rings. The van der Waals surface area contributed by atoms with Gasteiger partial charge < -0.3 is 36.6 Å². The van der Waals surface area contributed by atoms with Crippen molar-refractivity contribution < 1.29 is 34.5 Å². The standard InChI is InChI=1S/C15H26N4O7S/c1-7(21)11(15(25)26)18-12(22)9(5-20)17-13(23)10-3-2-4-19(10)14(24)8(16)6-27/h7-11,20-21,27H,2-6,16H2,1H3,(H,17,23)(H,18,22)(H,25,26). The van der Waals surface area contributed by atoms with Gasteiger partial charge in [0.25, 0.3) is 0 Å². The van der Waals surface area contributed by atoms with Crippen LogP contribution in [-0.2, 0) is 19.2 Å². The number of nitrogens with two attached hydrogens (primary N) is 1. The van der Waals surface area contributed by atoms with E-state index in [1.165, 1.54) is 11.8 Å². The van der Waals surface area contributed by atoms with Crippen LogP contribution in [0.4, 0.5) is 0 Å². The van der Waals surface area contributed by atoms with E-state index in [0.29, 0.717) is 19.4 Å². The predicted molar refractivity (Wildman–Crippen MR) is 96.8 cm³/mol. The predicted octanol–water partition coefficient (Wildman–Crippen LogP) is -3.34. The lowest BCUT2D eigenvalue weighted by atomic mass is 10.1. The van der Waals surface area contributed by atoms with E-state index in [2.05, 4.69) is 23.3 Å². The van der Waals surface area contributed by atoms with Gasteiger partial charge in [-0.2, -0.15) is 12.6 Å². The average molecular weight is 406 g/mol. The van der Waals surface area contributed by atoms with Crippen LogP contribution in [0.5, 0.6) is 0 Å². The number of likely N-dealkylation sites (tertiary alicyclic amines) is 1. The van der Waals surface area contributed by atoms with Gasteiger partial charge in [-0.1, -0.05) is 0 Å². The smallest absolute Gasteiger partial charge is 0.328 e. The van der Waals surface area contributed by atoms with Gasteiger partial charge in [-0.05, 0) is 19.8 Å². The quantitative estimate of drug-likeness (QED) is 0.194. The highest BCUT2D eigenvalue weighted by molar-refractivity contribution is 7.80. The Labute approximate surface area is 161 Å². The number of carboxylic acid groups (broad SMARTS) is 1. The van der Waals surface area contributed by atoms with Gasteiger partial charge in [0.15, 0.2) is 6.04 Å². The molecule has 1 fully saturated rings. The molecule has 0 aliphatic carbocycles. The molecule has 0 aromatic carbocycles. The lowest BCUT2D eigenvalue weighted by Gasteiger charge is -2.28. The van der Waals surface area contributed by atoms with E-state index in [9.17, 15) is 29.4 Å². The van der Waals surface area contributed by atoms with Crippen LogP contribution in [0.15, 0.2) is 0 Å². The van der Waals surface area contributed by atoms with Crippen LogP contribution in [0.3, 0.4) is 0 Å². The molecule has 154 valence electrons. The zero-order chi connectivity index (χ0) is 20.7. The van der Waals surface area contributed by atoms with Gasteiger partial charge in [0.1, 0.15) is 12.1 Å². The van der Waals surface area contributed by atoms with Crippen molar-refractivity contribution in [1.82, 2.24) is 15.5 Å². The summed E-state index contributed by atoms with van der Waals surface area (Å²) < 4.78 is 0. The van der Waals surface area contributed by atoms with E-state index in [1.54, 1.807) is 0 Å². The highest BCUT2D eigenvalue weighted by Crippen LogP contribution is 2.18. The van der Waals surface area contributed by atoms with Crippen LogP contribution >= 0.6 is 12.6 Å². The molecule has 1 heterocycles. The molecular formula is C15H26N4O7S. The van der Waals surface area contributed by atoms with E-state index in [0.717, 1.165) is 0 Å². The molecule has 3 amide bonds. The second-order valence-corrected chi connectivity index (χ2v) is 6.65. The van der Waals surface area contributed by atoms with Gasteiger partial charge in [0, 0.05) is 12.3 Å². The lowest BCUT2D eigenvalue weighted by molar-refractivity contribution is -0.145. The van der Waals surface area contributed by atoms with Gasteiger partial charge in [-0.3, -0.25) is 14.4 Å². The molecule has 0 aromatic heterocycles. The maximum Gasteiger partial charge on any atom is 0.328 e. The highest BCUT2D eigenvalue weighted by Gasteiger charge is 2.37. The number of carbonyl (C=O) groups excluding carboxylic acids is 3. The fourth-order valence-electron chi connectivity index (χ4n) is 2.70. The number of amides is 3. The van der Waals surface area contributed by atoms with E-state index < -0.39 is 60.6 Å². The number of aliphatic hydroxyl groups is 2. The first-order valence-electron chi connectivity index (χ1n) is 8.43. The summed E-state index contributed by atoms with van der Waals surface area (Å²) in [4.78, 5) is 49.2. The molecule has 1 rings (SSSR count). The summed E-state index contributed by atoms with van der Waals surface area (Å²) in [6.07, 6.45) is -0.447. The zero-order valence-corrected chi connectivity index (χ0v) is 15.8. The Bertz CT molecular complexity index is 574. The van der Waals surface area contributed by atoms with E-state index in [-0.39, 0.29) is 5.75 Å². The number of carbonyl (C=O) groups is 4. The normalized spacial score (nSPS) is 21.1. The Kier molecular flexibility index (Phi) is 8.96. The van der Waals surface area contributed by atoms with Crippen LogP contribution in [0.1, 0.15) is 19.8 Å². The first kappa shape index (κ1) is 23.1. The van der Waals surface area contributed by atoms with Crippen LogP contribution < -0.4 is 16.4 Å². The molecular weight excluding hydrogens is 380 g/mol. The number of hydrogen-bond acceptors (Lipinski definition) is 8. The minimum Gasteiger partial charge on any atom is -0.480 e. The van der Waals surface area contributed by atoms with E-state index >= 15 is 0 Å². The number of nitrogens with one attached hydrogen (secondary N) is 2. The second-order valence-electron chi connectivity index (χ2n) is 6.29. The Morgan fingerprint density at radius 1 is 1.30 bits per heavy atom. The molecule has 7 N–H and O–H groups in total. The first-order chi connectivity index (χ1) is 12.6. The van der Waals surface area contributed by atoms with Crippen molar-refractivity contribution in [3.63, 3.8) is 0 Å². The van der Waals surface area contributed by atoms with Crippen molar-refractivity contribution in [2.24, 2.45) is 5.73 Å². The maximum absolute atomic E-state index is 12.5. The molecule has 27 heavy (non-hydrogen) atoms. The Morgan fingerprint density at radius 3 is 2.41 bits per heavy atom. The number of aliphatic hydroxyl groups excluding tert-OH is 2. The topological polar surface area (TPSA) is 182 Å². The van der Waals surface area contributed by atoms with Gasteiger partial charge in [-0.15, -0.1) is 0 Å². The molecule has 0 spiro atoms. The summed E-state index contributed by atoms with van der Waals surface area (Å²) in [5, 5.41) is 32.1. The van der Waals surface area contributed by atoms with E-state index in [1.807, 2.05) is 0 Å². The Hall–Kier alpha value is -1.89. The first-order valence-corrected chi connectivity index (χ1v) is 9.06. The van der Waals surface area contributed by atoms with Crippen molar-refractivity contribution in [2.45, 2.75) is 50.0 Å². The van der Waals surface area contributed by atoms with Crippen LogP contribution in [-0.4, -0.2) is 93.1 Å². The SMILES string of the molecule is CC(O)C(NC(=O)C(CO)NC(=O)C1CCCN1C(=O)C(N)CS)C(=O)O. The maximum atomic E-state index is 12.5. The molecule has 11 nitrogen and oxygen atoms in total. The van der Waals surface area contributed by atoms with Gasteiger partial charge >= 0.3 is 5.97 Å². The molecule has 12 heteroatoms. The summed E-state index contributed by atoms with van der Waals surface area (Å²) in [5.74, 6) is -3.42. The summed E-state index contributed by atoms with van der Waals surface area (Å²) in [6, 6.07) is -4.74. The largest absolute Gasteiger partial charge is 0.480 e. The molecule has 0 aromatic rings. The number of nitrogens with zero attached hydrogens (tertiary/aromatic N) is 1. The average Bonchev–Trinajstić information content (AvgIpc) is 3.11. The summed E-state index contributed by atoms with van der Waals surface area (Å²) in [6.45, 7) is 0.719. The van der Waals surface area contributed by atoms with Gasteiger partial charge in [0.05, 0.1) is 18.8 Å². The van der Waals surface area contributed by atoms with Crippen LogP contribution in [0.2, 0.25) is 0 Å². The number of rotatable bonds is 9. The van der Waals surface area contributed by atoms with Crippen LogP contribution in [0, 0.1) is 0 Å². The monoisotopic (exact) mass is 406 g/mol. The van der Waals surface area contributed by atoms with Crippen molar-refractivity contribution in [3.05, 3.63) is 0 Å². The zero-order valence-electron chi connectivity index (χ0n) is 14.9. The minimum atomic E-state index is -1.60. The van der Waals surface area contributed by atoms with Gasteiger partial charge in [0.2, 0.25) is 17.7 Å². The highest BCUT2D eigenvalue weighted by atomic mass is 32.1. The van der Waals surface area contributed by atoms with Crippen LogP contribution in [0.25, 0.3) is 0 Å². The third kappa shape index (κ3) is 6.06. The molecule has 0 saturated carbocycles. The van der Waals surface area contributed by atoms with Gasteiger partial charge in [-0.25, -0.2) is 4.79 Å². The molecule has 0 radical (unpaired) electrons. The summed E-state index contributed by atoms with van der Waals surface area (Å²) in [5.41, 5.74) is 5.66. The van der Waals surface area contributed by atoms with E-state index in [4.69, 9.17) is 10.8 Å². The molecule has 5 atom stereocenters. The van der Waals surface area contributed by atoms with Crippen molar-refractivity contribution in [2.75, 3.05) is 18.9 Å². The van der Waals surface area contributed by atoms with Crippen molar-refractivity contribution >= 4 is 36.3 Å². The fraction of sp³-hybridized carbons (Fsp3) is 0.733. The summed E-state index contributed by atoms with van der Waals surface area (Å²) >= 11 is 3.96. The number of hydrogen-bond donors (Lipinski definition) is 7. The number of aliphatic carboxylic acids is 1.